The van der Waals surface area contributed by atoms with Gasteiger partial charge in [0, 0.05) is 19.0 Å². The van der Waals surface area contributed by atoms with Crippen LogP contribution in [0.15, 0.2) is 4.47 Å². The van der Waals surface area contributed by atoms with E-state index in [0.29, 0.717) is 6.54 Å². The van der Waals surface area contributed by atoms with Crippen molar-refractivity contribution in [3.63, 3.8) is 0 Å². The van der Waals surface area contributed by atoms with E-state index in [4.69, 9.17) is 0 Å². The van der Waals surface area contributed by atoms with Gasteiger partial charge in [-0.05, 0) is 42.1 Å². The van der Waals surface area contributed by atoms with E-state index in [2.05, 4.69) is 34.9 Å². The molecule has 4 nitrogen and oxygen atoms in total. The molecule has 1 atom stereocenters. The van der Waals surface area contributed by atoms with E-state index in [0.717, 1.165) is 48.2 Å². The molecule has 19 heavy (non-hydrogen) atoms. The summed E-state index contributed by atoms with van der Waals surface area (Å²) in [7, 11) is 0. The maximum Gasteiger partial charge on any atom is 0.225 e. The fourth-order valence-corrected chi connectivity index (χ4v) is 3.33. The quantitative estimate of drug-likeness (QED) is 0.852. The van der Waals surface area contributed by atoms with E-state index in [1.165, 1.54) is 0 Å². The first kappa shape index (κ1) is 14.6. The Morgan fingerprint density at radius 2 is 2.16 bits per heavy atom. The van der Waals surface area contributed by atoms with Crippen molar-refractivity contribution in [2.45, 2.75) is 53.1 Å². The fourth-order valence-electron chi connectivity index (χ4n) is 2.64. The molecule has 1 aromatic rings. The van der Waals surface area contributed by atoms with Gasteiger partial charge in [-0.3, -0.25) is 9.48 Å². The summed E-state index contributed by atoms with van der Waals surface area (Å²) >= 11 is 3.64. The molecule has 1 aliphatic rings. The normalized spacial score (nSPS) is 20.1. The predicted octanol–water partition coefficient (Wildman–Crippen LogP) is 2.99. The smallest absolute Gasteiger partial charge is 0.225 e. The predicted molar refractivity (Wildman–Crippen MR) is 78.8 cm³/mol. The number of halogens is 1. The molecule has 0 aromatic carbocycles. The van der Waals surface area contributed by atoms with Crippen molar-refractivity contribution in [3.8, 4) is 0 Å². The van der Waals surface area contributed by atoms with E-state index in [1.54, 1.807) is 0 Å². The standard InChI is InChI=1S/C14H22BrN3O/c1-4-11-13(15)12(18(5-2)16-11)9-17-8-6-7-10(3)14(17)19/h10H,4-9H2,1-3H3. The molecule has 0 spiro atoms. The largest absolute Gasteiger partial charge is 0.337 e. The highest BCUT2D eigenvalue weighted by atomic mass is 79.9. The minimum atomic E-state index is 0.163. The van der Waals surface area contributed by atoms with Gasteiger partial charge in [-0.2, -0.15) is 5.10 Å². The molecule has 1 aromatic heterocycles. The van der Waals surface area contributed by atoms with Crippen molar-refractivity contribution in [3.05, 3.63) is 15.9 Å². The maximum absolute atomic E-state index is 12.2. The molecule has 0 N–H and O–H groups in total. The van der Waals surface area contributed by atoms with Gasteiger partial charge in [0.2, 0.25) is 5.91 Å². The van der Waals surface area contributed by atoms with Gasteiger partial charge in [-0.1, -0.05) is 13.8 Å². The summed E-state index contributed by atoms with van der Waals surface area (Å²) in [6.07, 6.45) is 3.03. The average molecular weight is 328 g/mol. The molecule has 5 heteroatoms. The zero-order valence-electron chi connectivity index (χ0n) is 11.9. The lowest BCUT2D eigenvalue weighted by molar-refractivity contribution is -0.138. The maximum atomic E-state index is 12.2. The minimum Gasteiger partial charge on any atom is -0.337 e. The van der Waals surface area contributed by atoms with E-state index >= 15 is 0 Å². The van der Waals surface area contributed by atoms with Crippen LogP contribution in [0.3, 0.4) is 0 Å². The summed E-state index contributed by atoms with van der Waals surface area (Å²) in [5.74, 6) is 0.441. The molecule has 1 aliphatic heterocycles. The van der Waals surface area contributed by atoms with Crippen LogP contribution in [-0.2, 0) is 24.3 Å². The van der Waals surface area contributed by atoms with Crippen LogP contribution < -0.4 is 0 Å². The number of piperidine rings is 1. The fraction of sp³-hybridized carbons (Fsp3) is 0.714. The third kappa shape index (κ3) is 2.86. The number of hydrogen-bond donors (Lipinski definition) is 0. The Morgan fingerprint density at radius 3 is 2.79 bits per heavy atom. The summed E-state index contributed by atoms with van der Waals surface area (Å²) in [4.78, 5) is 14.2. The third-order valence-corrected chi connectivity index (χ3v) is 4.75. The Labute approximate surface area is 123 Å². The first-order valence-corrected chi connectivity index (χ1v) is 7.90. The highest BCUT2D eigenvalue weighted by Gasteiger charge is 2.27. The second-order valence-corrected chi connectivity index (χ2v) is 5.97. The van der Waals surface area contributed by atoms with Gasteiger partial charge < -0.3 is 4.90 Å². The molecule has 0 radical (unpaired) electrons. The molecular formula is C14H22BrN3O. The molecular weight excluding hydrogens is 306 g/mol. The summed E-state index contributed by atoms with van der Waals surface area (Å²) in [5, 5.41) is 4.59. The lowest BCUT2D eigenvalue weighted by atomic mass is 9.99. The average Bonchev–Trinajstić information content (AvgIpc) is 2.71. The van der Waals surface area contributed by atoms with Gasteiger partial charge in [0.05, 0.1) is 22.4 Å². The second-order valence-electron chi connectivity index (χ2n) is 5.18. The number of carbonyl (C=O) groups excluding carboxylic acids is 1. The molecule has 0 aliphatic carbocycles. The second kappa shape index (κ2) is 6.07. The molecule has 2 heterocycles. The van der Waals surface area contributed by atoms with Crippen molar-refractivity contribution in [1.82, 2.24) is 14.7 Å². The van der Waals surface area contributed by atoms with Crippen molar-refractivity contribution in [1.29, 1.82) is 0 Å². The number of aromatic nitrogens is 2. The van der Waals surface area contributed by atoms with Crippen molar-refractivity contribution < 1.29 is 4.79 Å². The summed E-state index contributed by atoms with van der Waals surface area (Å²) in [6, 6.07) is 0. The SMILES string of the molecule is CCc1nn(CC)c(CN2CCCC(C)C2=O)c1Br. The molecule has 1 saturated heterocycles. The highest BCUT2D eigenvalue weighted by molar-refractivity contribution is 9.10. The van der Waals surface area contributed by atoms with Crippen LogP contribution in [0.1, 0.15) is 45.0 Å². The number of hydrogen-bond acceptors (Lipinski definition) is 2. The van der Waals surface area contributed by atoms with E-state index in [1.807, 2.05) is 16.5 Å². The molecule has 0 saturated carbocycles. The van der Waals surface area contributed by atoms with E-state index in [9.17, 15) is 4.79 Å². The molecule has 106 valence electrons. The van der Waals surface area contributed by atoms with E-state index in [-0.39, 0.29) is 11.8 Å². The molecule has 1 fully saturated rings. The third-order valence-electron chi connectivity index (χ3n) is 3.83. The molecule has 1 unspecified atom stereocenters. The number of carbonyl (C=O) groups is 1. The van der Waals surface area contributed by atoms with E-state index < -0.39 is 0 Å². The Balaban J connectivity index is 2.22. The van der Waals surface area contributed by atoms with Crippen LogP contribution in [0.2, 0.25) is 0 Å². The summed E-state index contributed by atoms with van der Waals surface area (Å²) < 4.78 is 3.08. The van der Waals surface area contributed by atoms with Gasteiger partial charge in [0.1, 0.15) is 0 Å². The van der Waals surface area contributed by atoms with Gasteiger partial charge in [0.15, 0.2) is 0 Å². The lowest BCUT2D eigenvalue weighted by Crippen LogP contribution is -2.40. The van der Waals surface area contributed by atoms with Gasteiger partial charge in [-0.25, -0.2) is 0 Å². The molecule has 2 rings (SSSR count). The first-order chi connectivity index (χ1) is 9.08. The zero-order chi connectivity index (χ0) is 14.0. The van der Waals surface area contributed by atoms with Crippen LogP contribution in [0.5, 0.6) is 0 Å². The van der Waals surface area contributed by atoms with Crippen LogP contribution in [-0.4, -0.2) is 27.1 Å². The number of nitrogens with zero attached hydrogens (tertiary/aromatic N) is 3. The highest BCUT2D eigenvalue weighted by Crippen LogP contribution is 2.26. The van der Waals surface area contributed by atoms with Crippen LogP contribution in [0.25, 0.3) is 0 Å². The zero-order valence-corrected chi connectivity index (χ0v) is 13.5. The van der Waals surface area contributed by atoms with Crippen LogP contribution in [0.4, 0.5) is 0 Å². The number of aryl methyl sites for hydroxylation is 2. The number of rotatable bonds is 4. The Bertz CT molecular complexity index is 470. The number of likely N-dealkylation sites (tertiary alicyclic amines) is 1. The topological polar surface area (TPSA) is 38.1 Å². The van der Waals surface area contributed by atoms with Crippen molar-refractivity contribution >= 4 is 21.8 Å². The Morgan fingerprint density at radius 1 is 1.42 bits per heavy atom. The van der Waals surface area contributed by atoms with Crippen molar-refractivity contribution in [2.24, 2.45) is 5.92 Å². The molecule has 1 amide bonds. The lowest BCUT2D eigenvalue weighted by Gasteiger charge is -2.30. The summed E-state index contributed by atoms with van der Waals surface area (Å²) in [5.41, 5.74) is 2.20. The monoisotopic (exact) mass is 327 g/mol. The molecule has 0 bridgehead atoms. The van der Waals surface area contributed by atoms with Gasteiger partial charge in [-0.15, -0.1) is 0 Å². The first-order valence-electron chi connectivity index (χ1n) is 7.11. The number of amides is 1. The van der Waals surface area contributed by atoms with Crippen molar-refractivity contribution in [2.75, 3.05) is 6.54 Å². The van der Waals surface area contributed by atoms with Crippen LogP contribution >= 0.6 is 15.9 Å². The Kier molecular flexibility index (Phi) is 4.66. The minimum absolute atomic E-state index is 0.163. The summed E-state index contributed by atoms with van der Waals surface area (Å²) in [6.45, 7) is 8.59. The van der Waals surface area contributed by atoms with Gasteiger partial charge in [0.25, 0.3) is 0 Å². The Hall–Kier alpha value is -0.840. The van der Waals surface area contributed by atoms with Gasteiger partial charge >= 0.3 is 0 Å². The van der Waals surface area contributed by atoms with Crippen LogP contribution in [0, 0.1) is 5.92 Å².